The molecule has 0 atom stereocenters. The summed E-state index contributed by atoms with van der Waals surface area (Å²) in [6.07, 6.45) is 3.27. The van der Waals surface area contributed by atoms with E-state index < -0.39 is 0 Å². The molecule has 2 N–H and O–H groups in total. The summed E-state index contributed by atoms with van der Waals surface area (Å²) in [5.74, 6) is 0.234. The first-order chi connectivity index (χ1) is 12.0. The van der Waals surface area contributed by atoms with Crippen LogP contribution < -0.4 is 10.9 Å². The Labute approximate surface area is 156 Å². The lowest BCUT2D eigenvalue weighted by atomic mass is 10.1. The van der Waals surface area contributed by atoms with Crippen molar-refractivity contribution >= 4 is 33.2 Å². The Morgan fingerprint density at radius 2 is 2.20 bits per heavy atom. The van der Waals surface area contributed by atoms with Crippen LogP contribution in [0.25, 0.3) is 11.4 Å². The van der Waals surface area contributed by atoms with Gasteiger partial charge in [-0.15, -0.1) is 11.3 Å². The molecule has 3 aromatic rings. The number of H-pyrrole nitrogens is 1. The van der Waals surface area contributed by atoms with Crippen molar-refractivity contribution in [3.63, 3.8) is 0 Å². The van der Waals surface area contributed by atoms with Crippen molar-refractivity contribution in [2.24, 2.45) is 0 Å². The van der Waals surface area contributed by atoms with E-state index in [0.29, 0.717) is 23.6 Å². The lowest BCUT2D eigenvalue weighted by molar-refractivity contribution is -0.120. The van der Waals surface area contributed by atoms with E-state index in [1.165, 1.54) is 0 Å². The summed E-state index contributed by atoms with van der Waals surface area (Å²) in [7, 11) is 0. The van der Waals surface area contributed by atoms with Gasteiger partial charge >= 0.3 is 0 Å². The quantitative estimate of drug-likeness (QED) is 0.666. The van der Waals surface area contributed by atoms with Gasteiger partial charge in [-0.1, -0.05) is 0 Å². The molecule has 0 aliphatic heterocycles. The van der Waals surface area contributed by atoms with Crippen LogP contribution in [0.3, 0.4) is 0 Å². The van der Waals surface area contributed by atoms with Gasteiger partial charge in [0, 0.05) is 34.1 Å². The van der Waals surface area contributed by atoms with Crippen LogP contribution in [0.4, 0.5) is 0 Å². The Morgan fingerprint density at radius 3 is 2.84 bits per heavy atom. The maximum atomic E-state index is 12.3. The third kappa shape index (κ3) is 4.40. The highest BCUT2D eigenvalue weighted by atomic mass is 79.9. The third-order valence-corrected chi connectivity index (χ3v) is 5.21. The molecule has 0 spiro atoms. The molecule has 0 unspecified atom stereocenters. The van der Waals surface area contributed by atoms with Gasteiger partial charge in [0.1, 0.15) is 5.82 Å². The van der Waals surface area contributed by atoms with E-state index in [0.717, 1.165) is 14.2 Å². The second-order valence-electron chi connectivity index (χ2n) is 5.38. The number of carbonyl (C=O) groups is 1. The van der Waals surface area contributed by atoms with E-state index in [1.54, 1.807) is 36.7 Å². The molecule has 0 saturated heterocycles. The standard InChI is InChI=1S/C17H15BrN4O2S/c1-10-13(7-15(23)20-9-12-4-5-14(18)25-12)17(24)22-16(21-10)11-3-2-6-19-8-11/h2-6,8H,7,9H2,1H3,(H,20,23)(H,21,22,24). The minimum absolute atomic E-state index is 0.00592. The van der Waals surface area contributed by atoms with E-state index >= 15 is 0 Å². The number of halogens is 1. The highest BCUT2D eigenvalue weighted by Gasteiger charge is 2.13. The Kier molecular flexibility index (Phi) is 5.40. The van der Waals surface area contributed by atoms with Crippen molar-refractivity contribution in [2.75, 3.05) is 0 Å². The lowest BCUT2D eigenvalue weighted by Gasteiger charge is -2.08. The molecule has 0 saturated carbocycles. The summed E-state index contributed by atoms with van der Waals surface area (Å²) in [5.41, 5.74) is 1.33. The number of aromatic amines is 1. The molecule has 3 rings (SSSR count). The Hall–Kier alpha value is -2.32. The molecule has 0 fully saturated rings. The van der Waals surface area contributed by atoms with Crippen LogP contribution >= 0.6 is 27.3 Å². The average molecular weight is 419 g/mol. The van der Waals surface area contributed by atoms with Gasteiger partial charge in [-0.05, 0) is 47.1 Å². The van der Waals surface area contributed by atoms with Gasteiger partial charge in [0.05, 0.1) is 16.8 Å². The summed E-state index contributed by atoms with van der Waals surface area (Å²) in [6, 6.07) is 7.46. The zero-order chi connectivity index (χ0) is 17.8. The van der Waals surface area contributed by atoms with Crippen LogP contribution in [-0.2, 0) is 17.8 Å². The maximum Gasteiger partial charge on any atom is 0.255 e. The number of thiophene rings is 1. The molecule has 1 amide bonds. The molecule has 25 heavy (non-hydrogen) atoms. The first kappa shape index (κ1) is 17.5. The van der Waals surface area contributed by atoms with Gasteiger partial charge in [0.15, 0.2) is 0 Å². The fourth-order valence-corrected chi connectivity index (χ4v) is 3.74. The minimum atomic E-state index is -0.305. The van der Waals surface area contributed by atoms with E-state index in [1.807, 2.05) is 18.2 Å². The van der Waals surface area contributed by atoms with Crippen LogP contribution in [-0.4, -0.2) is 20.9 Å². The second kappa shape index (κ2) is 7.71. The normalized spacial score (nSPS) is 10.6. The molecule has 128 valence electrons. The predicted octanol–water partition coefficient (Wildman–Crippen LogP) is 2.82. The van der Waals surface area contributed by atoms with E-state index in [2.05, 4.69) is 36.2 Å². The second-order valence-corrected chi connectivity index (χ2v) is 7.93. The average Bonchev–Trinajstić information content (AvgIpc) is 3.02. The van der Waals surface area contributed by atoms with Gasteiger partial charge in [-0.3, -0.25) is 14.6 Å². The summed E-state index contributed by atoms with van der Waals surface area (Å²) in [5, 5.41) is 2.82. The highest BCUT2D eigenvalue weighted by molar-refractivity contribution is 9.11. The molecule has 3 heterocycles. The minimum Gasteiger partial charge on any atom is -0.351 e. The number of carbonyl (C=O) groups excluding carboxylic acids is 1. The zero-order valence-corrected chi connectivity index (χ0v) is 15.8. The topological polar surface area (TPSA) is 87.7 Å². The fourth-order valence-electron chi connectivity index (χ4n) is 2.31. The van der Waals surface area contributed by atoms with Gasteiger partial charge in [0.25, 0.3) is 5.56 Å². The van der Waals surface area contributed by atoms with Crippen molar-refractivity contribution in [1.82, 2.24) is 20.3 Å². The van der Waals surface area contributed by atoms with E-state index in [4.69, 9.17) is 0 Å². The first-order valence-electron chi connectivity index (χ1n) is 7.54. The van der Waals surface area contributed by atoms with Crippen molar-refractivity contribution in [3.8, 4) is 11.4 Å². The number of nitrogens with zero attached hydrogens (tertiary/aromatic N) is 2. The molecule has 0 radical (unpaired) electrons. The van der Waals surface area contributed by atoms with Gasteiger partial charge in [-0.2, -0.15) is 0 Å². The van der Waals surface area contributed by atoms with Gasteiger partial charge < -0.3 is 10.3 Å². The Balaban J connectivity index is 1.72. The van der Waals surface area contributed by atoms with E-state index in [9.17, 15) is 9.59 Å². The SMILES string of the molecule is Cc1nc(-c2cccnc2)[nH]c(=O)c1CC(=O)NCc1ccc(Br)s1. The van der Waals surface area contributed by atoms with Crippen LogP contribution in [0.15, 0.2) is 45.2 Å². The van der Waals surface area contributed by atoms with Crippen LogP contribution in [0.1, 0.15) is 16.1 Å². The van der Waals surface area contributed by atoms with Crippen molar-refractivity contribution in [1.29, 1.82) is 0 Å². The molecule has 0 aliphatic rings. The number of rotatable bonds is 5. The molecular formula is C17H15BrN4O2S. The number of aryl methyl sites for hydroxylation is 1. The summed E-state index contributed by atoms with van der Waals surface area (Å²) < 4.78 is 1.01. The Bertz CT molecular complexity index is 953. The lowest BCUT2D eigenvalue weighted by Crippen LogP contribution is -2.28. The summed E-state index contributed by atoms with van der Waals surface area (Å²) >= 11 is 4.94. The molecular weight excluding hydrogens is 404 g/mol. The summed E-state index contributed by atoms with van der Waals surface area (Å²) in [4.78, 5) is 36.7. The van der Waals surface area contributed by atoms with E-state index in [-0.39, 0.29) is 17.9 Å². The summed E-state index contributed by atoms with van der Waals surface area (Å²) in [6.45, 7) is 2.17. The maximum absolute atomic E-state index is 12.3. The Morgan fingerprint density at radius 1 is 1.36 bits per heavy atom. The molecule has 0 aliphatic carbocycles. The van der Waals surface area contributed by atoms with Gasteiger partial charge in [-0.25, -0.2) is 4.98 Å². The number of hydrogen-bond donors (Lipinski definition) is 2. The monoisotopic (exact) mass is 418 g/mol. The molecule has 0 bridgehead atoms. The number of aromatic nitrogens is 3. The van der Waals surface area contributed by atoms with Crippen LogP contribution in [0.2, 0.25) is 0 Å². The first-order valence-corrected chi connectivity index (χ1v) is 9.15. The molecule has 6 nitrogen and oxygen atoms in total. The van der Waals surface area contributed by atoms with Crippen LogP contribution in [0.5, 0.6) is 0 Å². The zero-order valence-electron chi connectivity index (χ0n) is 13.4. The van der Waals surface area contributed by atoms with Crippen molar-refractivity contribution in [2.45, 2.75) is 19.9 Å². The largest absolute Gasteiger partial charge is 0.351 e. The molecule has 8 heteroatoms. The number of hydrogen-bond acceptors (Lipinski definition) is 5. The molecule has 3 aromatic heterocycles. The number of nitrogens with one attached hydrogen (secondary N) is 2. The third-order valence-electron chi connectivity index (χ3n) is 3.58. The fraction of sp³-hybridized carbons (Fsp3) is 0.176. The number of amides is 1. The van der Waals surface area contributed by atoms with Crippen molar-refractivity contribution < 1.29 is 4.79 Å². The smallest absolute Gasteiger partial charge is 0.255 e. The van der Waals surface area contributed by atoms with Crippen LogP contribution in [0, 0.1) is 6.92 Å². The van der Waals surface area contributed by atoms with Gasteiger partial charge in [0.2, 0.25) is 5.91 Å². The number of pyridine rings is 1. The van der Waals surface area contributed by atoms with Crippen molar-refractivity contribution in [3.05, 3.63) is 66.9 Å². The predicted molar refractivity (Wildman–Crippen MR) is 100 cm³/mol. The molecule has 0 aromatic carbocycles. The highest BCUT2D eigenvalue weighted by Crippen LogP contribution is 2.21.